The molecule has 0 aliphatic rings. The van der Waals surface area contributed by atoms with Crippen LogP contribution in [0.4, 0.5) is 0 Å². The van der Waals surface area contributed by atoms with Crippen molar-refractivity contribution in [1.82, 2.24) is 0 Å². The third kappa shape index (κ3) is 5.61. The normalized spacial score (nSPS) is 12.7. The highest BCUT2D eigenvalue weighted by molar-refractivity contribution is 5.14. The van der Waals surface area contributed by atoms with E-state index in [0.717, 1.165) is 5.92 Å². The van der Waals surface area contributed by atoms with Gasteiger partial charge in [-0.25, -0.2) is 0 Å². The molecular formula is C15H24. The third-order valence-electron chi connectivity index (χ3n) is 3.20. The lowest BCUT2D eigenvalue weighted by atomic mass is 9.99. The van der Waals surface area contributed by atoms with Gasteiger partial charge in [0.25, 0.3) is 0 Å². The Bertz CT molecular complexity index is 237. The van der Waals surface area contributed by atoms with Crippen LogP contribution in [0.25, 0.3) is 0 Å². The molecule has 1 aromatic rings. The molecule has 1 rings (SSSR count). The lowest BCUT2D eigenvalue weighted by Gasteiger charge is -2.07. The van der Waals surface area contributed by atoms with E-state index in [1.165, 1.54) is 44.1 Å². The highest BCUT2D eigenvalue weighted by Gasteiger charge is 1.98. The minimum absolute atomic E-state index is 0.918. The van der Waals surface area contributed by atoms with E-state index in [1.807, 2.05) is 0 Å². The Hall–Kier alpha value is -0.780. The minimum atomic E-state index is 0.918. The largest absolute Gasteiger partial charge is 0.0651 e. The number of aryl methyl sites for hydroxylation is 1. The quantitative estimate of drug-likeness (QED) is 0.558. The van der Waals surface area contributed by atoms with Gasteiger partial charge in [0.1, 0.15) is 0 Å². The zero-order valence-corrected chi connectivity index (χ0v) is 10.2. The summed E-state index contributed by atoms with van der Waals surface area (Å²) in [5.41, 5.74) is 1.49. The molecule has 0 aromatic heterocycles. The van der Waals surface area contributed by atoms with Crippen molar-refractivity contribution in [3.05, 3.63) is 35.9 Å². The number of hydrogen-bond donors (Lipinski definition) is 0. The summed E-state index contributed by atoms with van der Waals surface area (Å²) in [7, 11) is 0. The summed E-state index contributed by atoms with van der Waals surface area (Å²) >= 11 is 0. The Labute approximate surface area is 94.7 Å². The SMILES string of the molecule is CCC(C)CCCCCc1ccccc1. The van der Waals surface area contributed by atoms with Gasteiger partial charge in [0.05, 0.1) is 0 Å². The van der Waals surface area contributed by atoms with Crippen LogP contribution < -0.4 is 0 Å². The molecule has 0 saturated heterocycles. The number of unbranched alkanes of at least 4 members (excludes halogenated alkanes) is 2. The van der Waals surface area contributed by atoms with Gasteiger partial charge < -0.3 is 0 Å². The molecule has 0 aliphatic carbocycles. The maximum Gasteiger partial charge on any atom is -0.0279 e. The summed E-state index contributed by atoms with van der Waals surface area (Å²) in [6, 6.07) is 10.8. The molecule has 0 aliphatic heterocycles. The lowest BCUT2D eigenvalue weighted by Crippen LogP contribution is -1.92. The first-order chi connectivity index (χ1) is 7.33. The predicted octanol–water partition coefficient (Wildman–Crippen LogP) is 4.84. The Morgan fingerprint density at radius 1 is 1.00 bits per heavy atom. The molecule has 0 heteroatoms. The molecule has 0 amide bonds. The molecule has 0 nitrogen and oxygen atoms in total. The molecule has 0 radical (unpaired) electrons. The molecule has 1 unspecified atom stereocenters. The monoisotopic (exact) mass is 204 g/mol. The standard InChI is InChI=1S/C15H24/c1-3-14(2)10-6-4-7-11-15-12-8-5-9-13-15/h5,8-9,12-14H,3-4,6-7,10-11H2,1-2H3. The van der Waals surface area contributed by atoms with Gasteiger partial charge in [0.15, 0.2) is 0 Å². The second-order valence-electron chi connectivity index (χ2n) is 4.60. The van der Waals surface area contributed by atoms with Crippen molar-refractivity contribution in [2.45, 2.75) is 52.4 Å². The predicted molar refractivity (Wildman–Crippen MR) is 68.1 cm³/mol. The lowest BCUT2D eigenvalue weighted by molar-refractivity contribution is 0.478. The van der Waals surface area contributed by atoms with E-state index >= 15 is 0 Å². The smallest absolute Gasteiger partial charge is 0.0279 e. The molecule has 1 atom stereocenters. The second kappa shape index (κ2) is 7.50. The topological polar surface area (TPSA) is 0 Å². The van der Waals surface area contributed by atoms with E-state index in [1.54, 1.807) is 0 Å². The van der Waals surface area contributed by atoms with E-state index in [9.17, 15) is 0 Å². The van der Waals surface area contributed by atoms with Crippen molar-refractivity contribution in [3.8, 4) is 0 Å². The van der Waals surface area contributed by atoms with Crippen molar-refractivity contribution in [1.29, 1.82) is 0 Å². The van der Waals surface area contributed by atoms with E-state index in [2.05, 4.69) is 44.2 Å². The van der Waals surface area contributed by atoms with E-state index in [0.29, 0.717) is 0 Å². The summed E-state index contributed by atoms with van der Waals surface area (Å²) in [6.45, 7) is 4.64. The van der Waals surface area contributed by atoms with E-state index in [-0.39, 0.29) is 0 Å². The van der Waals surface area contributed by atoms with Crippen molar-refractivity contribution in [3.63, 3.8) is 0 Å². The van der Waals surface area contributed by atoms with Gasteiger partial charge >= 0.3 is 0 Å². The molecule has 0 N–H and O–H groups in total. The van der Waals surface area contributed by atoms with Crippen LogP contribution >= 0.6 is 0 Å². The van der Waals surface area contributed by atoms with Gasteiger partial charge in [-0.1, -0.05) is 69.9 Å². The molecular weight excluding hydrogens is 180 g/mol. The zero-order valence-electron chi connectivity index (χ0n) is 10.2. The molecule has 0 fully saturated rings. The fourth-order valence-electron chi connectivity index (χ4n) is 1.85. The molecule has 15 heavy (non-hydrogen) atoms. The summed E-state index contributed by atoms with van der Waals surface area (Å²) in [6.07, 6.45) is 8.13. The average Bonchev–Trinajstić information content (AvgIpc) is 2.29. The second-order valence-corrected chi connectivity index (χ2v) is 4.60. The highest BCUT2D eigenvalue weighted by Crippen LogP contribution is 2.13. The van der Waals surface area contributed by atoms with Crippen LogP contribution in [0.15, 0.2) is 30.3 Å². The first-order valence-corrected chi connectivity index (χ1v) is 6.37. The minimum Gasteiger partial charge on any atom is -0.0651 e. The van der Waals surface area contributed by atoms with Gasteiger partial charge in [-0.15, -0.1) is 0 Å². The third-order valence-corrected chi connectivity index (χ3v) is 3.20. The van der Waals surface area contributed by atoms with Crippen LogP contribution in [0.1, 0.15) is 51.5 Å². The van der Waals surface area contributed by atoms with Gasteiger partial charge in [0, 0.05) is 0 Å². The number of benzene rings is 1. The maximum atomic E-state index is 2.36. The van der Waals surface area contributed by atoms with Crippen LogP contribution in [0.3, 0.4) is 0 Å². The Morgan fingerprint density at radius 3 is 2.40 bits per heavy atom. The van der Waals surface area contributed by atoms with Crippen LogP contribution in [-0.2, 0) is 6.42 Å². The Morgan fingerprint density at radius 2 is 1.73 bits per heavy atom. The molecule has 0 saturated carbocycles. The molecule has 0 bridgehead atoms. The van der Waals surface area contributed by atoms with Crippen molar-refractivity contribution >= 4 is 0 Å². The van der Waals surface area contributed by atoms with Crippen molar-refractivity contribution in [2.24, 2.45) is 5.92 Å². The molecule has 1 aromatic carbocycles. The van der Waals surface area contributed by atoms with E-state index < -0.39 is 0 Å². The summed E-state index contributed by atoms with van der Waals surface area (Å²) in [4.78, 5) is 0. The molecule has 0 spiro atoms. The van der Waals surface area contributed by atoms with Crippen LogP contribution in [-0.4, -0.2) is 0 Å². The van der Waals surface area contributed by atoms with Gasteiger partial charge in [-0.2, -0.15) is 0 Å². The number of hydrogen-bond acceptors (Lipinski definition) is 0. The van der Waals surface area contributed by atoms with Gasteiger partial charge in [-0.3, -0.25) is 0 Å². The Kier molecular flexibility index (Phi) is 6.15. The first kappa shape index (κ1) is 12.3. The highest BCUT2D eigenvalue weighted by atomic mass is 14.0. The molecule has 0 heterocycles. The van der Waals surface area contributed by atoms with Crippen molar-refractivity contribution in [2.75, 3.05) is 0 Å². The molecule has 84 valence electrons. The van der Waals surface area contributed by atoms with Crippen LogP contribution in [0.2, 0.25) is 0 Å². The van der Waals surface area contributed by atoms with E-state index in [4.69, 9.17) is 0 Å². The first-order valence-electron chi connectivity index (χ1n) is 6.37. The summed E-state index contributed by atoms with van der Waals surface area (Å²) in [5.74, 6) is 0.918. The fourth-order valence-corrected chi connectivity index (χ4v) is 1.85. The summed E-state index contributed by atoms with van der Waals surface area (Å²) in [5, 5.41) is 0. The number of rotatable bonds is 7. The van der Waals surface area contributed by atoms with Crippen LogP contribution in [0, 0.1) is 5.92 Å². The average molecular weight is 204 g/mol. The zero-order chi connectivity index (χ0) is 10.9. The fraction of sp³-hybridized carbons (Fsp3) is 0.600. The Balaban J connectivity index is 2.03. The summed E-state index contributed by atoms with van der Waals surface area (Å²) < 4.78 is 0. The maximum absolute atomic E-state index is 2.36. The van der Waals surface area contributed by atoms with Crippen LogP contribution in [0.5, 0.6) is 0 Å². The van der Waals surface area contributed by atoms with Crippen molar-refractivity contribution < 1.29 is 0 Å². The van der Waals surface area contributed by atoms with Gasteiger partial charge in [-0.05, 0) is 24.3 Å². The van der Waals surface area contributed by atoms with Gasteiger partial charge in [0.2, 0.25) is 0 Å².